The molecule has 3 rings (SSSR count). The Morgan fingerprint density at radius 2 is 1.68 bits per heavy atom. The van der Waals surface area contributed by atoms with Gasteiger partial charge in [0.15, 0.2) is 5.69 Å². The van der Waals surface area contributed by atoms with Crippen LogP contribution in [0.15, 0.2) is 30.3 Å². The summed E-state index contributed by atoms with van der Waals surface area (Å²) in [6, 6.07) is 8.75. The Hall–Kier alpha value is -2.71. The molecule has 1 aromatic carbocycles. The topological polar surface area (TPSA) is 44.7 Å². The summed E-state index contributed by atoms with van der Waals surface area (Å²) >= 11 is 0. The Bertz CT molecular complexity index is 804. The maximum absolute atomic E-state index is 13.2. The molecule has 1 saturated heterocycles. The van der Waals surface area contributed by atoms with Crippen molar-refractivity contribution in [2.45, 2.75) is 13.1 Å². The van der Waals surface area contributed by atoms with Crippen LogP contribution in [0.25, 0.3) is 0 Å². The predicted molar refractivity (Wildman–Crippen MR) is 103 cm³/mol. The number of alkyl halides is 3. The van der Waals surface area contributed by atoms with Gasteiger partial charge in [0.25, 0.3) is 0 Å². The molecule has 1 fully saturated rings. The Labute approximate surface area is 162 Å². The van der Waals surface area contributed by atoms with Gasteiger partial charge in [-0.2, -0.15) is 18.2 Å². The van der Waals surface area contributed by atoms with Gasteiger partial charge in [-0.1, -0.05) is 12.1 Å². The highest BCUT2D eigenvalue weighted by atomic mass is 19.4. The smallest absolute Gasteiger partial charge is 0.433 e. The number of halogens is 3. The predicted octanol–water partition coefficient (Wildman–Crippen LogP) is 3.29. The summed E-state index contributed by atoms with van der Waals surface area (Å²) < 4.78 is 45.4. The summed E-state index contributed by atoms with van der Waals surface area (Å²) in [5, 5.41) is 0. The number of para-hydroxylation sites is 2. The number of piperazine rings is 1. The van der Waals surface area contributed by atoms with E-state index >= 15 is 0 Å². The third kappa shape index (κ3) is 4.40. The number of rotatable bonds is 5. The van der Waals surface area contributed by atoms with E-state index in [4.69, 9.17) is 4.74 Å². The van der Waals surface area contributed by atoms with Gasteiger partial charge < -0.3 is 19.4 Å². The zero-order valence-electron chi connectivity index (χ0n) is 16.2. The lowest BCUT2D eigenvalue weighted by molar-refractivity contribution is -0.141. The second kappa shape index (κ2) is 8.12. The summed E-state index contributed by atoms with van der Waals surface area (Å²) in [5.74, 6) is 1.15. The number of ether oxygens (including phenoxy) is 1. The number of aromatic nitrogens is 2. The van der Waals surface area contributed by atoms with E-state index in [9.17, 15) is 13.2 Å². The first-order valence-corrected chi connectivity index (χ1v) is 9.15. The standard InChI is InChI=1S/C19H24F3N5O/c1-4-28-15-8-6-5-7-14(15)26-9-11-27(12-10-26)18-23-16(19(20,21)22)13-17(24-18)25(2)3/h5-8,13H,4,9-12H2,1-3H3. The lowest BCUT2D eigenvalue weighted by Gasteiger charge is -2.37. The van der Waals surface area contributed by atoms with Gasteiger partial charge in [-0.05, 0) is 19.1 Å². The molecular weight excluding hydrogens is 371 g/mol. The largest absolute Gasteiger partial charge is 0.492 e. The summed E-state index contributed by atoms with van der Waals surface area (Å²) in [4.78, 5) is 13.6. The van der Waals surface area contributed by atoms with E-state index in [2.05, 4.69) is 14.9 Å². The van der Waals surface area contributed by atoms with Gasteiger partial charge in [-0.15, -0.1) is 0 Å². The summed E-state index contributed by atoms with van der Waals surface area (Å²) in [6.45, 7) is 4.83. The SMILES string of the molecule is CCOc1ccccc1N1CCN(c2nc(N(C)C)cc(C(F)(F)F)n2)CC1. The van der Waals surface area contributed by atoms with Crippen molar-refractivity contribution in [1.82, 2.24) is 9.97 Å². The molecule has 0 radical (unpaired) electrons. The van der Waals surface area contributed by atoms with E-state index in [0.717, 1.165) is 17.5 Å². The van der Waals surface area contributed by atoms with Gasteiger partial charge in [0.2, 0.25) is 5.95 Å². The van der Waals surface area contributed by atoms with Crippen molar-refractivity contribution in [1.29, 1.82) is 0 Å². The van der Waals surface area contributed by atoms with Crippen molar-refractivity contribution in [3.63, 3.8) is 0 Å². The number of anilines is 3. The molecule has 0 N–H and O–H groups in total. The summed E-state index contributed by atoms with van der Waals surface area (Å²) in [5.41, 5.74) is 0.0632. The fourth-order valence-electron chi connectivity index (χ4n) is 3.08. The molecular formula is C19H24F3N5O. The highest BCUT2D eigenvalue weighted by Gasteiger charge is 2.35. The van der Waals surface area contributed by atoms with Crippen molar-refractivity contribution in [2.24, 2.45) is 0 Å². The molecule has 1 aliphatic rings. The molecule has 2 aromatic rings. The van der Waals surface area contributed by atoms with Gasteiger partial charge in [-0.3, -0.25) is 0 Å². The van der Waals surface area contributed by atoms with E-state index < -0.39 is 11.9 Å². The third-order valence-electron chi connectivity index (χ3n) is 4.52. The normalized spacial score (nSPS) is 14.9. The fraction of sp³-hybridized carbons (Fsp3) is 0.474. The first-order chi connectivity index (χ1) is 13.3. The van der Waals surface area contributed by atoms with Gasteiger partial charge in [0.05, 0.1) is 12.3 Å². The molecule has 0 bridgehead atoms. The van der Waals surface area contributed by atoms with E-state index in [1.807, 2.05) is 31.2 Å². The minimum absolute atomic E-state index is 0.108. The van der Waals surface area contributed by atoms with Crippen molar-refractivity contribution < 1.29 is 17.9 Å². The monoisotopic (exact) mass is 395 g/mol. The molecule has 0 unspecified atom stereocenters. The molecule has 1 aliphatic heterocycles. The molecule has 6 nitrogen and oxygen atoms in total. The van der Waals surface area contributed by atoms with Crippen LogP contribution in [-0.4, -0.2) is 56.8 Å². The molecule has 0 saturated carbocycles. The van der Waals surface area contributed by atoms with Crippen LogP contribution >= 0.6 is 0 Å². The number of nitrogens with zero attached hydrogens (tertiary/aromatic N) is 5. The molecule has 0 aliphatic carbocycles. The maximum Gasteiger partial charge on any atom is 0.433 e. The molecule has 28 heavy (non-hydrogen) atoms. The van der Waals surface area contributed by atoms with E-state index in [1.165, 1.54) is 0 Å². The average Bonchev–Trinajstić information content (AvgIpc) is 2.68. The Balaban J connectivity index is 1.79. The van der Waals surface area contributed by atoms with Crippen molar-refractivity contribution in [3.05, 3.63) is 36.0 Å². The molecule has 152 valence electrons. The van der Waals surface area contributed by atoms with Crippen LogP contribution in [0, 0.1) is 0 Å². The Kier molecular flexibility index (Phi) is 5.81. The molecule has 0 spiro atoms. The van der Waals surface area contributed by atoms with Gasteiger partial charge in [0, 0.05) is 46.3 Å². The molecule has 9 heteroatoms. The highest BCUT2D eigenvalue weighted by Crippen LogP contribution is 2.32. The summed E-state index contributed by atoms with van der Waals surface area (Å²) in [7, 11) is 3.32. The number of benzene rings is 1. The van der Waals surface area contributed by atoms with Crippen LogP contribution in [-0.2, 0) is 6.18 Å². The molecule has 2 heterocycles. The Morgan fingerprint density at radius 1 is 1.04 bits per heavy atom. The van der Waals surface area contributed by atoms with Crippen molar-refractivity contribution >= 4 is 17.5 Å². The lowest BCUT2D eigenvalue weighted by atomic mass is 10.2. The second-order valence-electron chi connectivity index (χ2n) is 6.68. The maximum atomic E-state index is 13.2. The van der Waals surface area contributed by atoms with Crippen LogP contribution < -0.4 is 19.4 Å². The van der Waals surface area contributed by atoms with Gasteiger partial charge in [0.1, 0.15) is 11.6 Å². The zero-order valence-corrected chi connectivity index (χ0v) is 16.2. The van der Waals surface area contributed by atoms with Crippen LogP contribution in [0.3, 0.4) is 0 Å². The van der Waals surface area contributed by atoms with Gasteiger partial charge in [-0.25, -0.2) is 4.98 Å². The van der Waals surface area contributed by atoms with Crippen molar-refractivity contribution in [3.8, 4) is 5.75 Å². The number of hydrogen-bond acceptors (Lipinski definition) is 6. The van der Waals surface area contributed by atoms with E-state index in [0.29, 0.717) is 32.8 Å². The quantitative estimate of drug-likeness (QED) is 0.774. The van der Waals surface area contributed by atoms with Crippen molar-refractivity contribution in [2.75, 3.05) is 61.6 Å². The van der Waals surface area contributed by atoms with Gasteiger partial charge >= 0.3 is 6.18 Å². The van der Waals surface area contributed by atoms with E-state index in [-0.39, 0.29) is 11.8 Å². The average molecular weight is 395 g/mol. The molecule has 1 aromatic heterocycles. The Morgan fingerprint density at radius 3 is 2.29 bits per heavy atom. The molecule has 0 amide bonds. The first kappa shape index (κ1) is 20.0. The van der Waals surface area contributed by atoms with Crippen LogP contribution in [0.5, 0.6) is 5.75 Å². The lowest BCUT2D eigenvalue weighted by Crippen LogP contribution is -2.47. The fourth-order valence-corrected chi connectivity index (χ4v) is 3.08. The van der Waals surface area contributed by atoms with Crippen LogP contribution in [0.2, 0.25) is 0 Å². The van der Waals surface area contributed by atoms with Crippen LogP contribution in [0.4, 0.5) is 30.6 Å². The number of hydrogen-bond donors (Lipinski definition) is 0. The zero-order chi connectivity index (χ0) is 20.3. The highest BCUT2D eigenvalue weighted by molar-refractivity contribution is 5.59. The second-order valence-corrected chi connectivity index (χ2v) is 6.68. The third-order valence-corrected chi connectivity index (χ3v) is 4.52. The first-order valence-electron chi connectivity index (χ1n) is 9.15. The van der Waals surface area contributed by atoms with E-state index in [1.54, 1.807) is 23.9 Å². The van der Waals surface area contributed by atoms with Crippen LogP contribution in [0.1, 0.15) is 12.6 Å². The minimum atomic E-state index is -4.51. The molecule has 0 atom stereocenters. The minimum Gasteiger partial charge on any atom is -0.492 e. The summed E-state index contributed by atoms with van der Waals surface area (Å²) in [6.07, 6.45) is -4.51.